The summed E-state index contributed by atoms with van der Waals surface area (Å²) in [6.45, 7) is 0. The molecule has 126 valence electrons. The minimum absolute atomic E-state index is 0.00319. The van der Waals surface area contributed by atoms with Gasteiger partial charge < -0.3 is 10.4 Å². The first kappa shape index (κ1) is 17.4. The first-order chi connectivity index (χ1) is 11.0. The molecule has 1 aromatic rings. The molecule has 0 radical (unpaired) electrons. The number of benzene rings is 1. The van der Waals surface area contributed by atoms with E-state index in [1.54, 1.807) is 0 Å². The van der Waals surface area contributed by atoms with E-state index in [2.05, 4.69) is 5.32 Å². The van der Waals surface area contributed by atoms with Crippen LogP contribution in [0.15, 0.2) is 18.2 Å². The third kappa shape index (κ3) is 4.74. The summed E-state index contributed by atoms with van der Waals surface area (Å²) >= 11 is 0. The molecule has 23 heavy (non-hydrogen) atoms. The predicted molar refractivity (Wildman–Crippen MR) is 80.8 cm³/mol. The standard InChI is InChI=1S/C17H21F2NO3/c18-13-7-4-5-11(16(13)19)9-10-15(21)20-14-8-3-1-2-6-12(14)17(22)23/h4-5,7,12,14H,1-3,6,8-10H2,(H,20,21)(H,22,23)/t12-,14+/m1/s1. The SMILES string of the molecule is O=C(CCc1cccc(F)c1F)N[C@H]1CCCCC[C@H]1C(=O)O. The first-order valence-electron chi connectivity index (χ1n) is 7.94. The van der Waals surface area contributed by atoms with Gasteiger partial charge in [0.1, 0.15) is 0 Å². The Balaban J connectivity index is 1.92. The van der Waals surface area contributed by atoms with Crippen LogP contribution in [0.3, 0.4) is 0 Å². The molecule has 1 aromatic carbocycles. The summed E-state index contributed by atoms with van der Waals surface area (Å²) in [6, 6.07) is 3.48. The summed E-state index contributed by atoms with van der Waals surface area (Å²) in [7, 11) is 0. The summed E-state index contributed by atoms with van der Waals surface area (Å²) in [4.78, 5) is 23.4. The van der Waals surface area contributed by atoms with Crippen molar-refractivity contribution in [2.45, 2.75) is 51.0 Å². The van der Waals surface area contributed by atoms with Gasteiger partial charge in [0.15, 0.2) is 11.6 Å². The van der Waals surface area contributed by atoms with Gasteiger partial charge in [-0.2, -0.15) is 0 Å². The molecule has 1 aliphatic rings. The van der Waals surface area contributed by atoms with E-state index in [4.69, 9.17) is 0 Å². The number of hydrogen-bond acceptors (Lipinski definition) is 2. The van der Waals surface area contributed by atoms with E-state index in [0.717, 1.165) is 25.3 Å². The Hall–Kier alpha value is -1.98. The van der Waals surface area contributed by atoms with Crippen LogP contribution in [0.2, 0.25) is 0 Å². The van der Waals surface area contributed by atoms with Crippen molar-refractivity contribution in [2.75, 3.05) is 0 Å². The van der Waals surface area contributed by atoms with Crippen molar-refractivity contribution >= 4 is 11.9 Å². The molecule has 2 N–H and O–H groups in total. The topological polar surface area (TPSA) is 66.4 Å². The second kappa shape index (κ2) is 8.04. The molecular weight excluding hydrogens is 304 g/mol. The molecule has 2 atom stereocenters. The monoisotopic (exact) mass is 325 g/mol. The smallest absolute Gasteiger partial charge is 0.308 e. The fraction of sp³-hybridized carbons (Fsp3) is 0.529. The molecule has 1 aliphatic carbocycles. The van der Waals surface area contributed by atoms with Gasteiger partial charge in [-0.3, -0.25) is 9.59 Å². The molecule has 0 bridgehead atoms. The van der Waals surface area contributed by atoms with Crippen LogP contribution in [0.5, 0.6) is 0 Å². The third-order valence-corrected chi connectivity index (χ3v) is 4.33. The molecule has 1 fully saturated rings. The van der Waals surface area contributed by atoms with Gasteiger partial charge in [-0.05, 0) is 30.9 Å². The number of nitrogens with one attached hydrogen (secondary N) is 1. The van der Waals surface area contributed by atoms with E-state index in [1.807, 2.05) is 0 Å². The van der Waals surface area contributed by atoms with Crippen molar-refractivity contribution in [3.63, 3.8) is 0 Å². The van der Waals surface area contributed by atoms with Crippen LogP contribution >= 0.6 is 0 Å². The van der Waals surface area contributed by atoms with Crippen LogP contribution < -0.4 is 5.32 Å². The summed E-state index contributed by atoms with van der Waals surface area (Å²) in [5, 5.41) is 12.0. The quantitative estimate of drug-likeness (QED) is 0.818. The maximum absolute atomic E-state index is 13.5. The highest BCUT2D eigenvalue weighted by Gasteiger charge is 2.30. The lowest BCUT2D eigenvalue weighted by Crippen LogP contribution is -2.42. The normalized spacial score (nSPS) is 21.5. The van der Waals surface area contributed by atoms with Crippen molar-refractivity contribution in [1.82, 2.24) is 5.32 Å². The number of rotatable bonds is 5. The number of carbonyl (C=O) groups is 2. The van der Waals surface area contributed by atoms with E-state index in [0.29, 0.717) is 12.8 Å². The van der Waals surface area contributed by atoms with Crippen LogP contribution in [-0.2, 0) is 16.0 Å². The van der Waals surface area contributed by atoms with Crippen molar-refractivity contribution in [3.05, 3.63) is 35.4 Å². The molecule has 0 heterocycles. The van der Waals surface area contributed by atoms with Gasteiger partial charge in [0.2, 0.25) is 5.91 Å². The second-order valence-electron chi connectivity index (χ2n) is 5.97. The molecule has 1 saturated carbocycles. The van der Waals surface area contributed by atoms with E-state index in [1.165, 1.54) is 12.1 Å². The molecular formula is C17H21F2NO3. The van der Waals surface area contributed by atoms with Gasteiger partial charge in [0.25, 0.3) is 0 Å². The number of amides is 1. The van der Waals surface area contributed by atoms with Gasteiger partial charge in [0, 0.05) is 12.5 Å². The van der Waals surface area contributed by atoms with Crippen molar-refractivity contribution in [1.29, 1.82) is 0 Å². The lowest BCUT2D eigenvalue weighted by molar-refractivity contribution is -0.143. The first-order valence-corrected chi connectivity index (χ1v) is 7.94. The van der Waals surface area contributed by atoms with Gasteiger partial charge in [-0.15, -0.1) is 0 Å². The van der Waals surface area contributed by atoms with Crippen LogP contribution in [-0.4, -0.2) is 23.0 Å². The molecule has 0 saturated heterocycles. The Bertz CT molecular complexity index is 577. The predicted octanol–water partition coefficient (Wildman–Crippen LogP) is 3.05. The summed E-state index contributed by atoms with van der Waals surface area (Å²) < 4.78 is 26.7. The number of halogens is 2. The Morgan fingerprint density at radius 2 is 1.91 bits per heavy atom. The zero-order valence-corrected chi connectivity index (χ0v) is 12.9. The number of hydrogen-bond donors (Lipinski definition) is 2. The highest BCUT2D eigenvalue weighted by molar-refractivity contribution is 5.78. The Labute approximate surface area is 133 Å². The van der Waals surface area contributed by atoms with E-state index < -0.39 is 23.5 Å². The van der Waals surface area contributed by atoms with Crippen molar-refractivity contribution < 1.29 is 23.5 Å². The minimum atomic E-state index is -0.933. The largest absolute Gasteiger partial charge is 0.481 e. The molecule has 4 nitrogen and oxygen atoms in total. The number of carboxylic acid groups (broad SMARTS) is 1. The van der Waals surface area contributed by atoms with E-state index >= 15 is 0 Å². The van der Waals surface area contributed by atoms with E-state index in [9.17, 15) is 23.5 Å². The Morgan fingerprint density at radius 1 is 1.17 bits per heavy atom. The fourth-order valence-corrected chi connectivity index (χ4v) is 3.04. The molecule has 0 aromatic heterocycles. The zero-order chi connectivity index (χ0) is 16.8. The summed E-state index contributed by atoms with van der Waals surface area (Å²) in [6.07, 6.45) is 3.97. The van der Waals surface area contributed by atoms with Gasteiger partial charge >= 0.3 is 5.97 Å². The summed E-state index contributed by atoms with van der Waals surface area (Å²) in [5.74, 6) is -3.66. The maximum Gasteiger partial charge on any atom is 0.308 e. The molecule has 0 spiro atoms. The van der Waals surface area contributed by atoms with Crippen LogP contribution in [0.25, 0.3) is 0 Å². The number of carbonyl (C=O) groups excluding carboxylic acids is 1. The number of carboxylic acids is 1. The van der Waals surface area contributed by atoms with Gasteiger partial charge in [0.05, 0.1) is 5.92 Å². The maximum atomic E-state index is 13.5. The van der Waals surface area contributed by atoms with Crippen LogP contribution in [0.1, 0.15) is 44.1 Å². The number of aryl methyl sites for hydroxylation is 1. The fourth-order valence-electron chi connectivity index (χ4n) is 3.04. The lowest BCUT2D eigenvalue weighted by Gasteiger charge is -2.22. The third-order valence-electron chi connectivity index (χ3n) is 4.33. The minimum Gasteiger partial charge on any atom is -0.481 e. The molecule has 1 amide bonds. The van der Waals surface area contributed by atoms with Crippen molar-refractivity contribution in [2.24, 2.45) is 5.92 Å². The molecule has 6 heteroatoms. The summed E-state index contributed by atoms with van der Waals surface area (Å²) in [5.41, 5.74) is 0.149. The average Bonchev–Trinajstić information content (AvgIpc) is 2.74. The van der Waals surface area contributed by atoms with Crippen molar-refractivity contribution in [3.8, 4) is 0 Å². The highest BCUT2D eigenvalue weighted by Crippen LogP contribution is 2.24. The Kier molecular flexibility index (Phi) is 6.07. The average molecular weight is 325 g/mol. The van der Waals surface area contributed by atoms with Gasteiger partial charge in [-0.25, -0.2) is 8.78 Å². The molecule has 0 unspecified atom stereocenters. The van der Waals surface area contributed by atoms with Gasteiger partial charge in [-0.1, -0.05) is 31.4 Å². The van der Waals surface area contributed by atoms with Crippen LogP contribution in [0, 0.1) is 17.6 Å². The molecule has 0 aliphatic heterocycles. The van der Waals surface area contributed by atoms with E-state index in [-0.39, 0.29) is 30.4 Å². The molecule has 2 rings (SSSR count). The zero-order valence-electron chi connectivity index (χ0n) is 12.9. The van der Waals surface area contributed by atoms with Crippen LogP contribution in [0.4, 0.5) is 8.78 Å². The highest BCUT2D eigenvalue weighted by atomic mass is 19.2. The second-order valence-corrected chi connectivity index (χ2v) is 5.97. The Morgan fingerprint density at radius 3 is 2.65 bits per heavy atom. The number of aliphatic carboxylic acids is 1. The lowest BCUT2D eigenvalue weighted by atomic mass is 9.94.